The summed E-state index contributed by atoms with van der Waals surface area (Å²) in [6.07, 6.45) is 6.21. The number of hydrogen-bond donors (Lipinski definition) is 2. The third kappa shape index (κ3) is 3.28. The van der Waals surface area contributed by atoms with Crippen molar-refractivity contribution in [3.63, 3.8) is 0 Å². The van der Waals surface area contributed by atoms with Gasteiger partial charge in [-0.1, -0.05) is 13.3 Å². The van der Waals surface area contributed by atoms with Gasteiger partial charge < -0.3 is 10.4 Å². The summed E-state index contributed by atoms with van der Waals surface area (Å²) in [4.78, 5) is 0. The fraction of sp³-hybridized carbons (Fsp3) is 1.00. The van der Waals surface area contributed by atoms with Crippen LogP contribution in [0.5, 0.6) is 0 Å². The largest absolute Gasteiger partial charge is 0.393 e. The van der Waals surface area contributed by atoms with Gasteiger partial charge in [0.15, 0.2) is 0 Å². The first kappa shape index (κ1) is 11.0. The first-order valence-corrected chi connectivity index (χ1v) is 5.57. The molecule has 1 atom stereocenters. The van der Waals surface area contributed by atoms with E-state index in [1.807, 2.05) is 6.92 Å². The molecule has 78 valence electrons. The number of aliphatic hydroxyl groups excluding tert-OH is 1. The van der Waals surface area contributed by atoms with Gasteiger partial charge in [-0.05, 0) is 44.6 Å². The van der Waals surface area contributed by atoms with Crippen LogP contribution in [-0.2, 0) is 0 Å². The van der Waals surface area contributed by atoms with Gasteiger partial charge in [0, 0.05) is 6.54 Å². The van der Waals surface area contributed by atoms with Gasteiger partial charge in [0.25, 0.3) is 0 Å². The minimum Gasteiger partial charge on any atom is -0.393 e. The lowest BCUT2D eigenvalue weighted by Gasteiger charge is -2.41. The molecule has 1 saturated carbocycles. The molecule has 1 fully saturated rings. The van der Waals surface area contributed by atoms with Crippen LogP contribution in [0.2, 0.25) is 0 Å². The fourth-order valence-corrected chi connectivity index (χ4v) is 2.00. The Bertz CT molecular complexity index is 136. The minimum absolute atomic E-state index is 0.161. The van der Waals surface area contributed by atoms with E-state index in [1.165, 1.54) is 25.7 Å². The van der Waals surface area contributed by atoms with E-state index >= 15 is 0 Å². The molecule has 1 aliphatic rings. The van der Waals surface area contributed by atoms with Crippen molar-refractivity contribution >= 4 is 0 Å². The quantitative estimate of drug-likeness (QED) is 0.620. The second-order valence-corrected chi connectivity index (χ2v) is 4.52. The molecule has 0 aromatic heterocycles. The molecule has 0 heterocycles. The predicted octanol–water partition coefficient (Wildman–Crippen LogP) is 1.93. The Hall–Kier alpha value is -0.0800. The first-order chi connectivity index (χ1) is 6.18. The van der Waals surface area contributed by atoms with Crippen LogP contribution in [0.25, 0.3) is 0 Å². The average molecular weight is 185 g/mol. The molecule has 1 aliphatic carbocycles. The van der Waals surface area contributed by atoms with Gasteiger partial charge in [-0.25, -0.2) is 0 Å². The highest BCUT2D eigenvalue weighted by molar-refractivity contribution is 4.88. The summed E-state index contributed by atoms with van der Waals surface area (Å²) in [5, 5.41) is 12.5. The van der Waals surface area contributed by atoms with Gasteiger partial charge in [0.1, 0.15) is 0 Å². The summed E-state index contributed by atoms with van der Waals surface area (Å²) in [6.45, 7) is 6.24. The number of aliphatic hydroxyl groups is 1. The van der Waals surface area contributed by atoms with Crippen LogP contribution in [0.1, 0.15) is 46.0 Å². The smallest absolute Gasteiger partial charge is 0.0524 e. The number of hydrogen-bond acceptors (Lipinski definition) is 2. The molecule has 1 rings (SSSR count). The Kier molecular flexibility index (Phi) is 4.20. The molecule has 1 unspecified atom stereocenters. The van der Waals surface area contributed by atoms with Crippen LogP contribution in [0, 0.1) is 5.41 Å². The molecule has 2 N–H and O–H groups in total. The third-order valence-electron chi connectivity index (χ3n) is 3.40. The summed E-state index contributed by atoms with van der Waals surface area (Å²) < 4.78 is 0. The maximum absolute atomic E-state index is 9.07. The van der Waals surface area contributed by atoms with Gasteiger partial charge in [-0.3, -0.25) is 0 Å². The van der Waals surface area contributed by atoms with Gasteiger partial charge >= 0.3 is 0 Å². The van der Waals surface area contributed by atoms with Gasteiger partial charge in [0.05, 0.1) is 6.10 Å². The summed E-state index contributed by atoms with van der Waals surface area (Å²) in [6, 6.07) is 0. The van der Waals surface area contributed by atoms with E-state index in [0.29, 0.717) is 5.41 Å². The highest BCUT2D eigenvalue weighted by Crippen LogP contribution is 2.42. The molecule has 2 heteroatoms. The molecule has 0 spiro atoms. The lowest BCUT2D eigenvalue weighted by atomic mass is 9.67. The second kappa shape index (κ2) is 4.97. The van der Waals surface area contributed by atoms with E-state index in [2.05, 4.69) is 12.2 Å². The monoisotopic (exact) mass is 185 g/mol. The molecule has 0 radical (unpaired) electrons. The molecule has 0 aliphatic heterocycles. The Morgan fingerprint density at radius 3 is 2.54 bits per heavy atom. The molecular formula is C11H23NO. The van der Waals surface area contributed by atoms with Crippen LogP contribution in [0.15, 0.2) is 0 Å². The van der Waals surface area contributed by atoms with Crippen molar-refractivity contribution in [3.8, 4) is 0 Å². The van der Waals surface area contributed by atoms with E-state index in [1.54, 1.807) is 0 Å². The van der Waals surface area contributed by atoms with Crippen molar-refractivity contribution in [1.82, 2.24) is 5.32 Å². The van der Waals surface area contributed by atoms with Gasteiger partial charge in [-0.2, -0.15) is 0 Å². The number of nitrogens with one attached hydrogen (secondary N) is 1. The van der Waals surface area contributed by atoms with Crippen LogP contribution in [0.3, 0.4) is 0 Å². The molecular weight excluding hydrogens is 162 g/mol. The minimum atomic E-state index is -0.161. The topological polar surface area (TPSA) is 32.3 Å². The van der Waals surface area contributed by atoms with Crippen molar-refractivity contribution < 1.29 is 5.11 Å². The first-order valence-electron chi connectivity index (χ1n) is 5.57. The zero-order valence-electron chi connectivity index (χ0n) is 8.97. The lowest BCUT2D eigenvalue weighted by molar-refractivity contribution is 0.120. The molecule has 0 amide bonds. The van der Waals surface area contributed by atoms with Crippen molar-refractivity contribution in [2.24, 2.45) is 5.41 Å². The van der Waals surface area contributed by atoms with Crippen LogP contribution >= 0.6 is 0 Å². The van der Waals surface area contributed by atoms with E-state index < -0.39 is 0 Å². The molecule has 0 bridgehead atoms. The van der Waals surface area contributed by atoms with Crippen molar-refractivity contribution in [2.75, 3.05) is 13.1 Å². The highest BCUT2D eigenvalue weighted by Gasteiger charge is 2.34. The molecule has 0 aromatic carbocycles. The number of rotatable bonds is 6. The lowest BCUT2D eigenvalue weighted by Crippen LogP contribution is -2.40. The molecule has 0 saturated heterocycles. The van der Waals surface area contributed by atoms with E-state index in [0.717, 1.165) is 19.5 Å². The second-order valence-electron chi connectivity index (χ2n) is 4.52. The molecule has 2 nitrogen and oxygen atoms in total. The maximum Gasteiger partial charge on any atom is 0.0524 e. The summed E-state index contributed by atoms with van der Waals surface area (Å²) in [5.74, 6) is 0. The normalized spacial score (nSPS) is 22.4. The maximum atomic E-state index is 9.07. The summed E-state index contributed by atoms with van der Waals surface area (Å²) >= 11 is 0. The zero-order chi connectivity index (χ0) is 9.73. The van der Waals surface area contributed by atoms with E-state index in [-0.39, 0.29) is 6.10 Å². The van der Waals surface area contributed by atoms with Crippen LogP contribution in [-0.4, -0.2) is 24.3 Å². The van der Waals surface area contributed by atoms with Crippen molar-refractivity contribution in [1.29, 1.82) is 0 Å². The summed E-state index contributed by atoms with van der Waals surface area (Å²) in [7, 11) is 0. The SMILES string of the molecule is CCC1(CNCCC(C)O)CCC1. The van der Waals surface area contributed by atoms with Crippen molar-refractivity contribution in [3.05, 3.63) is 0 Å². The molecule has 13 heavy (non-hydrogen) atoms. The fourth-order valence-electron chi connectivity index (χ4n) is 2.00. The van der Waals surface area contributed by atoms with Crippen molar-refractivity contribution in [2.45, 2.75) is 52.1 Å². The Morgan fingerprint density at radius 1 is 1.46 bits per heavy atom. The summed E-state index contributed by atoms with van der Waals surface area (Å²) in [5.41, 5.74) is 0.610. The Morgan fingerprint density at radius 2 is 2.15 bits per heavy atom. The van der Waals surface area contributed by atoms with E-state index in [4.69, 9.17) is 5.11 Å². The Balaban J connectivity index is 2.04. The highest BCUT2D eigenvalue weighted by atomic mass is 16.3. The Labute approximate surface area is 81.7 Å². The van der Waals surface area contributed by atoms with Crippen LogP contribution < -0.4 is 5.32 Å². The molecule has 0 aromatic rings. The third-order valence-corrected chi connectivity index (χ3v) is 3.40. The van der Waals surface area contributed by atoms with Gasteiger partial charge in [0.2, 0.25) is 0 Å². The average Bonchev–Trinajstić information content (AvgIpc) is 2.01. The van der Waals surface area contributed by atoms with Crippen LogP contribution in [0.4, 0.5) is 0 Å². The van der Waals surface area contributed by atoms with Gasteiger partial charge in [-0.15, -0.1) is 0 Å². The van der Waals surface area contributed by atoms with E-state index in [9.17, 15) is 0 Å². The predicted molar refractivity (Wildman–Crippen MR) is 55.7 cm³/mol. The standard InChI is InChI=1S/C11H23NO/c1-3-11(6-4-7-11)9-12-8-5-10(2)13/h10,12-13H,3-9H2,1-2H3. The zero-order valence-corrected chi connectivity index (χ0v) is 8.97.